The Morgan fingerprint density at radius 1 is 0.541 bits per heavy atom. The first-order chi connectivity index (χ1) is 16.6. The maximum atomic E-state index is 9.97. The molecule has 0 radical (unpaired) electrons. The number of carbonyl (C=O) groups excluding carboxylic acids is 2. The van der Waals surface area contributed by atoms with Gasteiger partial charge in [-0.3, -0.25) is 0 Å². The Kier molecular flexibility index (Phi) is 32.2. The van der Waals surface area contributed by atoms with Crippen molar-refractivity contribution in [1.82, 2.24) is 0 Å². The molecule has 37 heavy (non-hydrogen) atoms. The number of hydrogen-bond donors (Lipinski definition) is 0. The van der Waals surface area contributed by atoms with Crippen molar-refractivity contribution >= 4 is 11.9 Å². The fraction of sp³-hybridized carbons (Fsp3) is 0.935. The summed E-state index contributed by atoms with van der Waals surface area (Å²) in [5.41, 5.74) is 0.357. The number of carboxylic acids is 2. The number of unbranched alkanes of at least 4 members (excludes halogenated alkanes) is 4. The van der Waals surface area contributed by atoms with E-state index in [0.717, 1.165) is 12.8 Å². The smallest absolute Gasteiger partial charge is 0.550 e. The van der Waals surface area contributed by atoms with E-state index >= 15 is 0 Å². The average Bonchev–Trinajstić information content (AvgIpc) is 2.76. The van der Waals surface area contributed by atoms with Gasteiger partial charge in [-0.15, -0.1) is 0 Å². The molecule has 0 amide bonds. The molecular weight excluding hydrogens is 489 g/mol. The van der Waals surface area contributed by atoms with Gasteiger partial charge in [0.05, 0.1) is 26.2 Å². The second-order valence-corrected chi connectivity index (χ2v) is 12.9. The number of rotatable bonds is 17. The molecule has 0 aromatic carbocycles. The molecule has 0 fully saturated rings. The molecule has 0 bridgehead atoms. The summed E-state index contributed by atoms with van der Waals surface area (Å²) in [6, 6.07) is 0. The van der Waals surface area contributed by atoms with Gasteiger partial charge in [-0.1, -0.05) is 94.9 Å². The van der Waals surface area contributed by atoms with E-state index in [-0.39, 0.29) is 75.1 Å². The fourth-order valence-corrected chi connectivity index (χ4v) is 3.89. The van der Waals surface area contributed by atoms with E-state index in [1.54, 1.807) is 0 Å². The third-order valence-corrected chi connectivity index (χ3v) is 6.33. The number of carboxylic acid groups (broad SMARTS) is 2. The van der Waals surface area contributed by atoms with Gasteiger partial charge in [0, 0.05) is 11.9 Å². The van der Waals surface area contributed by atoms with Crippen molar-refractivity contribution in [2.75, 3.05) is 26.2 Å². The van der Waals surface area contributed by atoms with Crippen LogP contribution in [-0.2, 0) is 9.59 Å². The molecule has 0 aliphatic carbocycles. The minimum absolute atomic E-state index is 0. The van der Waals surface area contributed by atoms with E-state index in [1.807, 2.05) is 20.8 Å². The van der Waals surface area contributed by atoms with E-state index in [2.05, 4.69) is 48.5 Å². The number of aliphatic carboxylic acids is 2. The van der Waals surface area contributed by atoms with Crippen molar-refractivity contribution in [2.24, 2.45) is 10.8 Å². The van der Waals surface area contributed by atoms with Gasteiger partial charge < -0.3 is 24.3 Å². The molecule has 0 atom stereocenters. The molecule has 0 aliphatic rings. The first-order valence-corrected chi connectivity index (χ1v) is 14.8. The Labute approximate surface area is 275 Å². The van der Waals surface area contributed by atoms with Gasteiger partial charge in [0.1, 0.15) is 0 Å². The zero-order valence-electron chi connectivity index (χ0n) is 27.1. The minimum atomic E-state index is -0.954. The van der Waals surface area contributed by atoms with E-state index in [1.165, 1.54) is 82.0 Å². The summed E-state index contributed by atoms with van der Waals surface area (Å²) in [5, 5.41) is 19.9. The monoisotopic (exact) mass is 553 g/mol. The number of carbonyl (C=O) groups is 2. The maximum Gasteiger partial charge on any atom is 1.00 e. The van der Waals surface area contributed by atoms with Gasteiger partial charge in [0.15, 0.2) is 0 Å². The number of quaternary nitrogens is 1. The van der Waals surface area contributed by atoms with Crippen LogP contribution in [0.3, 0.4) is 0 Å². The molecule has 0 saturated heterocycles. The standard InChI is InChI=1S/C16H36N.C8H16O2.C7H14O2.K/c1-5-9-13-17(14-10-6-2,15-11-7-3)16-12-8-4;1-8(2,3)6-4-5-7(9)10;1-7(2,3)5-4-6(8)9;/h5-16H2,1-4H3;4-6H2,1-3H3,(H,9,10);4-5H2,1-3H3,(H,8,9);/q+1;;;+1/p-2. The normalized spacial score (nSPS) is 11.4. The fourth-order valence-electron chi connectivity index (χ4n) is 3.89. The molecule has 0 heterocycles. The predicted molar refractivity (Wildman–Crippen MR) is 151 cm³/mol. The summed E-state index contributed by atoms with van der Waals surface area (Å²) in [4.78, 5) is 19.9. The molecule has 0 spiro atoms. The van der Waals surface area contributed by atoms with Gasteiger partial charge in [0.25, 0.3) is 0 Å². The van der Waals surface area contributed by atoms with Crippen LogP contribution in [0.1, 0.15) is 153 Å². The van der Waals surface area contributed by atoms with Crippen LogP contribution < -0.4 is 61.6 Å². The van der Waals surface area contributed by atoms with Crippen LogP contribution in [0.4, 0.5) is 0 Å². The number of hydrogen-bond acceptors (Lipinski definition) is 4. The van der Waals surface area contributed by atoms with Gasteiger partial charge in [-0.2, -0.15) is 0 Å². The molecule has 0 N–H and O–H groups in total. The molecule has 0 aromatic rings. The molecular formula is C31H64KNO4. The minimum Gasteiger partial charge on any atom is -0.550 e. The third kappa shape index (κ3) is 38.7. The van der Waals surface area contributed by atoms with Crippen LogP contribution in [0.5, 0.6) is 0 Å². The summed E-state index contributed by atoms with van der Waals surface area (Å²) in [7, 11) is 0. The average molecular weight is 554 g/mol. The second-order valence-electron chi connectivity index (χ2n) is 12.9. The van der Waals surface area contributed by atoms with Crippen molar-refractivity contribution in [3.63, 3.8) is 0 Å². The van der Waals surface area contributed by atoms with Gasteiger partial charge in [0.2, 0.25) is 0 Å². The predicted octanol–water partition coefficient (Wildman–Crippen LogP) is 3.52. The SMILES string of the molecule is CC(C)(C)CCC(=O)[O-].CC(C)(C)CCCC(=O)[O-].CCCC[N+](CCCC)(CCCC)CCCC.[K+]. The Morgan fingerprint density at radius 3 is 1.03 bits per heavy atom. The molecule has 218 valence electrons. The summed E-state index contributed by atoms with van der Waals surface area (Å²) in [5.74, 6) is -1.89. The Balaban J connectivity index is -0.000000234. The van der Waals surface area contributed by atoms with E-state index in [9.17, 15) is 19.8 Å². The first-order valence-electron chi connectivity index (χ1n) is 14.8. The van der Waals surface area contributed by atoms with Crippen molar-refractivity contribution in [2.45, 2.75) is 153 Å². The zero-order chi connectivity index (χ0) is 28.7. The molecule has 0 aromatic heterocycles. The topological polar surface area (TPSA) is 80.3 Å². The van der Waals surface area contributed by atoms with Gasteiger partial charge in [-0.25, -0.2) is 0 Å². The largest absolute Gasteiger partial charge is 1.00 e. The van der Waals surface area contributed by atoms with Gasteiger partial charge >= 0.3 is 51.4 Å². The van der Waals surface area contributed by atoms with Crippen LogP contribution >= 0.6 is 0 Å². The van der Waals surface area contributed by atoms with Crippen LogP contribution in [-0.4, -0.2) is 42.6 Å². The quantitative estimate of drug-likeness (QED) is 0.204. The molecule has 0 rings (SSSR count). The molecule has 0 unspecified atom stereocenters. The molecule has 6 heteroatoms. The van der Waals surface area contributed by atoms with E-state index in [0.29, 0.717) is 6.42 Å². The summed E-state index contributed by atoms with van der Waals surface area (Å²) in [6.45, 7) is 27.3. The molecule has 5 nitrogen and oxygen atoms in total. The maximum absolute atomic E-state index is 9.97. The Hall–Kier alpha value is 0.536. The van der Waals surface area contributed by atoms with Crippen molar-refractivity contribution in [1.29, 1.82) is 0 Å². The summed E-state index contributed by atoms with van der Waals surface area (Å²) < 4.78 is 1.42. The second kappa shape index (κ2) is 26.7. The molecule has 0 aliphatic heterocycles. The Morgan fingerprint density at radius 2 is 0.838 bits per heavy atom. The van der Waals surface area contributed by atoms with E-state index in [4.69, 9.17) is 0 Å². The van der Waals surface area contributed by atoms with Crippen LogP contribution in [0.2, 0.25) is 0 Å². The number of nitrogens with zero attached hydrogens (tertiary/aromatic N) is 1. The summed E-state index contributed by atoms with van der Waals surface area (Å²) >= 11 is 0. The van der Waals surface area contributed by atoms with Crippen molar-refractivity contribution in [3.05, 3.63) is 0 Å². The van der Waals surface area contributed by atoms with E-state index < -0.39 is 11.9 Å². The van der Waals surface area contributed by atoms with Crippen molar-refractivity contribution < 1.29 is 75.7 Å². The van der Waals surface area contributed by atoms with Crippen LogP contribution in [0.15, 0.2) is 0 Å². The first kappa shape index (κ1) is 44.6. The zero-order valence-corrected chi connectivity index (χ0v) is 30.2. The summed E-state index contributed by atoms with van der Waals surface area (Å²) in [6.07, 6.45) is 13.8. The van der Waals surface area contributed by atoms with Gasteiger partial charge in [-0.05, 0) is 68.6 Å². The van der Waals surface area contributed by atoms with Crippen LogP contribution in [0, 0.1) is 10.8 Å². The van der Waals surface area contributed by atoms with Crippen molar-refractivity contribution in [3.8, 4) is 0 Å². The molecule has 0 saturated carbocycles. The van der Waals surface area contributed by atoms with Crippen LogP contribution in [0.25, 0.3) is 0 Å². The Bertz CT molecular complexity index is 487. The third-order valence-electron chi connectivity index (χ3n) is 6.33.